The van der Waals surface area contributed by atoms with Crippen LogP contribution >= 0.6 is 0 Å². The van der Waals surface area contributed by atoms with E-state index in [0.717, 1.165) is 16.9 Å². The Morgan fingerprint density at radius 2 is 1.63 bits per heavy atom. The SMILES string of the molecule is CCOC(=O)C1CCN(C(=O)c2cc(-c3ccccc3)nn2-c2ccccc2)CC1. The van der Waals surface area contributed by atoms with E-state index in [2.05, 4.69) is 0 Å². The number of para-hydroxylation sites is 1. The average molecular weight is 403 g/mol. The van der Waals surface area contributed by atoms with E-state index in [9.17, 15) is 9.59 Å². The molecule has 0 aliphatic carbocycles. The normalized spacial score (nSPS) is 14.5. The van der Waals surface area contributed by atoms with E-state index < -0.39 is 0 Å². The minimum Gasteiger partial charge on any atom is -0.466 e. The van der Waals surface area contributed by atoms with Gasteiger partial charge in [-0.15, -0.1) is 0 Å². The third-order valence-electron chi connectivity index (χ3n) is 5.40. The Kier molecular flexibility index (Phi) is 5.93. The second-order valence-electron chi connectivity index (χ2n) is 7.35. The van der Waals surface area contributed by atoms with Crippen molar-refractivity contribution in [1.82, 2.24) is 14.7 Å². The van der Waals surface area contributed by atoms with Gasteiger partial charge in [0.1, 0.15) is 5.69 Å². The second kappa shape index (κ2) is 8.95. The number of likely N-dealkylation sites (tertiary alicyclic amines) is 1. The summed E-state index contributed by atoms with van der Waals surface area (Å²) in [6, 6.07) is 21.4. The summed E-state index contributed by atoms with van der Waals surface area (Å²) >= 11 is 0. The lowest BCUT2D eigenvalue weighted by atomic mass is 9.97. The van der Waals surface area contributed by atoms with Crippen LogP contribution in [-0.2, 0) is 9.53 Å². The molecule has 0 unspecified atom stereocenters. The van der Waals surface area contributed by atoms with Gasteiger partial charge in [0, 0.05) is 18.7 Å². The minimum absolute atomic E-state index is 0.0733. The fourth-order valence-electron chi connectivity index (χ4n) is 3.79. The Labute approximate surface area is 176 Å². The molecular weight excluding hydrogens is 378 g/mol. The van der Waals surface area contributed by atoms with Crippen molar-refractivity contribution in [2.24, 2.45) is 5.92 Å². The fourth-order valence-corrected chi connectivity index (χ4v) is 3.79. The molecule has 154 valence electrons. The van der Waals surface area contributed by atoms with Gasteiger partial charge in [0.05, 0.1) is 23.9 Å². The number of carbonyl (C=O) groups is 2. The van der Waals surface area contributed by atoms with E-state index in [4.69, 9.17) is 9.84 Å². The molecule has 2 heterocycles. The molecule has 0 radical (unpaired) electrons. The number of aromatic nitrogens is 2. The highest BCUT2D eigenvalue weighted by Crippen LogP contribution is 2.25. The van der Waals surface area contributed by atoms with Gasteiger partial charge >= 0.3 is 5.97 Å². The lowest BCUT2D eigenvalue weighted by Gasteiger charge is -2.30. The Morgan fingerprint density at radius 1 is 1.00 bits per heavy atom. The summed E-state index contributed by atoms with van der Waals surface area (Å²) in [5, 5.41) is 4.73. The van der Waals surface area contributed by atoms with Crippen LogP contribution in [0.4, 0.5) is 0 Å². The fraction of sp³-hybridized carbons (Fsp3) is 0.292. The molecule has 0 bridgehead atoms. The standard InChI is InChI=1S/C24H25N3O3/c1-2-30-24(29)19-13-15-26(16-14-19)23(28)22-17-21(18-9-5-3-6-10-18)25-27(22)20-11-7-4-8-12-20/h3-12,17,19H,2,13-16H2,1H3. The van der Waals surface area contributed by atoms with Crippen LogP contribution in [0.15, 0.2) is 66.7 Å². The van der Waals surface area contributed by atoms with Gasteiger partial charge < -0.3 is 9.64 Å². The lowest BCUT2D eigenvalue weighted by molar-refractivity contribution is -0.149. The van der Waals surface area contributed by atoms with E-state index in [-0.39, 0.29) is 17.8 Å². The van der Waals surface area contributed by atoms with Gasteiger partial charge in [-0.3, -0.25) is 9.59 Å². The smallest absolute Gasteiger partial charge is 0.309 e. The largest absolute Gasteiger partial charge is 0.466 e. The molecule has 1 aliphatic rings. The molecule has 0 spiro atoms. The number of esters is 1. The van der Waals surface area contributed by atoms with Gasteiger partial charge in [0.15, 0.2) is 0 Å². The number of rotatable bonds is 5. The molecule has 1 aromatic heterocycles. The third kappa shape index (κ3) is 4.13. The summed E-state index contributed by atoms with van der Waals surface area (Å²) in [5.74, 6) is -0.367. The first-order valence-corrected chi connectivity index (χ1v) is 10.3. The Morgan fingerprint density at radius 3 is 2.27 bits per heavy atom. The van der Waals surface area contributed by atoms with Crippen LogP contribution in [0.3, 0.4) is 0 Å². The molecule has 6 heteroatoms. The first-order valence-electron chi connectivity index (χ1n) is 10.3. The van der Waals surface area contributed by atoms with Crippen molar-refractivity contribution in [2.75, 3.05) is 19.7 Å². The van der Waals surface area contributed by atoms with Crippen LogP contribution in [0.5, 0.6) is 0 Å². The summed E-state index contributed by atoms with van der Waals surface area (Å²) in [6.07, 6.45) is 1.24. The van der Waals surface area contributed by atoms with Crippen LogP contribution in [0.1, 0.15) is 30.3 Å². The average Bonchev–Trinajstić information content (AvgIpc) is 3.26. The van der Waals surface area contributed by atoms with Crippen molar-refractivity contribution in [3.63, 3.8) is 0 Å². The molecule has 1 aliphatic heterocycles. The summed E-state index contributed by atoms with van der Waals surface area (Å²) in [7, 11) is 0. The Balaban J connectivity index is 1.61. The molecule has 3 aromatic rings. The lowest BCUT2D eigenvalue weighted by Crippen LogP contribution is -2.41. The first-order chi connectivity index (χ1) is 14.7. The third-order valence-corrected chi connectivity index (χ3v) is 5.40. The molecule has 0 N–H and O–H groups in total. The van der Waals surface area contributed by atoms with Crippen LogP contribution < -0.4 is 0 Å². The topological polar surface area (TPSA) is 64.4 Å². The van der Waals surface area contributed by atoms with Crippen molar-refractivity contribution in [1.29, 1.82) is 0 Å². The van der Waals surface area contributed by atoms with Crippen LogP contribution in [-0.4, -0.2) is 46.3 Å². The van der Waals surface area contributed by atoms with Gasteiger partial charge in [-0.1, -0.05) is 48.5 Å². The van der Waals surface area contributed by atoms with Crippen LogP contribution in [0, 0.1) is 5.92 Å². The molecule has 4 rings (SSSR count). The number of hydrogen-bond acceptors (Lipinski definition) is 4. The highest BCUT2D eigenvalue weighted by atomic mass is 16.5. The molecule has 6 nitrogen and oxygen atoms in total. The maximum Gasteiger partial charge on any atom is 0.309 e. The van der Waals surface area contributed by atoms with Crippen LogP contribution in [0.2, 0.25) is 0 Å². The van der Waals surface area contributed by atoms with Crippen molar-refractivity contribution >= 4 is 11.9 Å². The van der Waals surface area contributed by atoms with Crippen molar-refractivity contribution in [3.05, 3.63) is 72.4 Å². The number of hydrogen-bond donors (Lipinski definition) is 0. The van der Waals surface area contributed by atoms with Gasteiger partial charge in [-0.25, -0.2) is 4.68 Å². The first kappa shape index (κ1) is 19.9. The summed E-state index contributed by atoms with van der Waals surface area (Å²) in [4.78, 5) is 27.2. The van der Waals surface area contributed by atoms with E-state index in [1.54, 1.807) is 9.58 Å². The van der Waals surface area contributed by atoms with Crippen LogP contribution in [0.25, 0.3) is 16.9 Å². The predicted molar refractivity (Wildman–Crippen MR) is 114 cm³/mol. The molecule has 0 saturated carbocycles. The Bertz CT molecular complexity index is 1010. The molecule has 0 atom stereocenters. The zero-order chi connectivity index (χ0) is 20.9. The minimum atomic E-state index is -0.162. The second-order valence-corrected chi connectivity index (χ2v) is 7.35. The van der Waals surface area contributed by atoms with Crippen molar-refractivity contribution in [2.45, 2.75) is 19.8 Å². The molecular formula is C24H25N3O3. The predicted octanol–water partition coefficient (Wildman–Crippen LogP) is 3.95. The molecule has 30 heavy (non-hydrogen) atoms. The molecule has 1 saturated heterocycles. The number of benzene rings is 2. The number of piperidine rings is 1. The Hall–Kier alpha value is -3.41. The summed E-state index contributed by atoms with van der Waals surface area (Å²) in [6.45, 7) is 3.26. The number of nitrogens with zero attached hydrogens (tertiary/aromatic N) is 3. The van der Waals surface area contributed by atoms with Crippen molar-refractivity contribution < 1.29 is 14.3 Å². The quantitative estimate of drug-likeness (QED) is 0.605. The maximum absolute atomic E-state index is 13.4. The summed E-state index contributed by atoms with van der Waals surface area (Å²) < 4.78 is 6.84. The molecule has 1 fully saturated rings. The van der Waals surface area contributed by atoms with Gasteiger partial charge in [-0.05, 0) is 38.0 Å². The molecule has 1 amide bonds. The van der Waals surface area contributed by atoms with E-state index in [0.29, 0.717) is 38.2 Å². The highest BCUT2D eigenvalue weighted by Gasteiger charge is 2.30. The summed E-state index contributed by atoms with van der Waals surface area (Å²) in [5.41, 5.74) is 3.07. The van der Waals surface area contributed by atoms with Gasteiger partial charge in [0.2, 0.25) is 0 Å². The number of amides is 1. The number of ether oxygens (including phenoxy) is 1. The van der Waals surface area contributed by atoms with E-state index in [1.807, 2.05) is 73.7 Å². The zero-order valence-corrected chi connectivity index (χ0v) is 17.0. The van der Waals surface area contributed by atoms with E-state index in [1.165, 1.54) is 0 Å². The van der Waals surface area contributed by atoms with E-state index >= 15 is 0 Å². The number of carbonyl (C=O) groups excluding carboxylic acids is 2. The molecule has 2 aromatic carbocycles. The van der Waals surface area contributed by atoms with Crippen molar-refractivity contribution in [3.8, 4) is 16.9 Å². The van der Waals surface area contributed by atoms with Gasteiger partial charge in [-0.2, -0.15) is 5.10 Å². The van der Waals surface area contributed by atoms with Gasteiger partial charge in [0.25, 0.3) is 5.91 Å². The highest BCUT2D eigenvalue weighted by molar-refractivity contribution is 5.94. The maximum atomic E-state index is 13.4. The zero-order valence-electron chi connectivity index (χ0n) is 17.0. The monoisotopic (exact) mass is 403 g/mol.